The Kier molecular flexibility index (Phi) is 9.96. The van der Waals surface area contributed by atoms with Gasteiger partial charge in [0.05, 0.1) is 0 Å². The maximum absolute atomic E-state index is 3.88. The second-order valence-corrected chi connectivity index (χ2v) is 11.0. The van der Waals surface area contributed by atoms with Crippen molar-refractivity contribution in [2.45, 2.75) is 129 Å². The molecule has 0 amide bonds. The first kappa shape index (κ1) is 22.4. The van der Waals surface area contributed by atoms with Crippen molar-refractivity contribution in [3.63, 3.8) is 0 Å². The molecule has 3 aliphatic rings. The number of unbranched alkanes of at least 4 members (excludes halogenated alkanes) is 1. The lowest BCUT2D eigenvalue weighted by atomic mass is 9.68. The standard InChI is InChI=1S/C28H50/c1-3-5-8-24-11-13-25(14-12-24)9-6-7-10-26-17-21-28(22-18-26)27-19-15-23(4-2)16-20-27/h3,23-28H,1,4-22H2,2H3/t23-,24-,25-,26-,27-,28-. The van der Waals surface area contributed by atoms with Crippen LogP contribution in [0.1, 0.15) is 129 Å². The summed E-state index contributed by atoms with van der Waals surface area (Å²) in [5.41, 5.74) is 0. The fraction of sp³-hybridized carbons (Fsp3) is 0.929. The first-order chi connectivity index (χ1) is 13.8. The molecule has 0 atom stereocenters. The molecule has 0 heteroatoms. The second kappa shape index (κ2) is 12.4. The summed E-state index contributed by atoms with van der Waals surface area (Å²) in [5.74, 6) is 6.43. The van der Waals surface area contributed by atoms with Crippen molar-refractivity contribution in [2.75, 3.05) is 0 Å². The summed E-state index contributed by atoms with van der Waals surface area (Å²) >= 11 is 0. The Morgan fingerprint density at radius 3 is 1.39 bits per heavy atom. The number of hydrogen-bond donors (Lipinski definition) is 0. The lowest BCUT2D eigenvalue weighted by Crippen LogP contribution is -2.25. The van der Waals surface area contributed by atoms with Crippen molar-refractivity contribution in [1.82, 2.24) is 0 Å². The van der Waals surface area contributed by atoms with Gasteiger partial charge in [0.1, 0.15) is 0 Å². The van der Waals surface area contributed by atoms with Crippen LogP contribution in [0.4, 0.5) is 0 Å². The average Bonchev–Trinajstić information content (AvgIpc) is 2.76. The zero-order valence-corrected chi connectivity index (χ0v) is 19.2. The molecule has 0 radical (unpaired) electrons. The topological polar surface area (TPSA) is 0 Å². The van der Waals surface area contributed by atoms with E-state index in [0.29, 0.717) is 0 Å². The fourth-order valence-corrected chi connectivity index (χ4v) is 7.04. The Balaban J connectivity index is 1.20. The van der Waals surface area contributed by atoms with Gasteiger partial charge in [0.25, 0.3) is 0 Å². The molecule has 0 saturated heterocycles. The first-order valence-electron chi connectivity index (χ1n) is 13.4. The Bertz CT molecular complexity index is 400. The van der Waals surface area contributed by atoms with E-state index in [1.54, 1.807) is 44.9 Å². The van der Waals surface area contributed by atoms with E-state index in [2.05, 4.69) is 19.6 Å². The van der Waals surface area contributed by atoms with Crippen LogP contribution in [0.3, 0.4) is 0 Å². The Morgan fingerprint density at radius 2 is 0.964 bits per heavy atom. The van der Waals surface area contributed by atoms with Gasteiger partial charge in [-0.05, 0) is 74.0 Å². The monoisotopic (exact) mass is 386 g/mol. The van der Waals surface area contributed by atoms with Crippen LogP contribution in [0.15, 0.2) is 12.7 Å². The van der Waals surface area contributed by atoms with Gasteiger partial charge in [-0.3, -0.25) is 0 Å². The van der Waals surface area contributed by atoms with Gasteiger partial charge in [0, 0.05) is 0 Å². The van der Waals surface area contributed by atoms with Crippen LogP contribution in [0.5, 0.6) is 0 Å². The third kappa shape index (κ3) is 7.21. The predicted octanol–water partition coefficient (Wildman–Crippen LogP) is 9.34. The van der Waals surface area contributed by atoms with Gasteiger partial charge in [-0.1, -0.05) is 96.5 Å². The maximum Gasteiger partial charge on any atom is -0.0351 e. The van der Waals surface area contributed by atoms with Gasteiger partial charge in [0.15, 0.2) is 0 Å². The molecule has 0 heterocycles. The van der Waals surface area contributed by atoms with Crippen LogP contribution in [-0.4, -0.2) is 0 Å². The molecule has 3 aliphatic carbocycles. The van der Waals surface area contributed by atoms with E-state index in [4.69, 9.17) is 0 Å². The molecule has 0 N–H and O–H groups in total. The maximum atomic E-state index is 3.88. The van der Waals surface area contributed by atoms with Gasteiger partial charge in [-0.2, -0.15) is 0 Å². The highest BCUT2D eigenvalue weighted by Gasteiger charge is 2.30. The van der Waals surface area contributed by atoms with Gasteiger partial charge in [0.2, 0.25) is 0 Å². The summed E-state index contributed by atoms with van der Waals surface area (Å²) in [6, 6.07) is 0. The van der Waals surface area contributed by atoms with Crippen molar-refractivity contribution >= 4 is 0 Å². The van der Waals surface area contributed by atoms with Crippen molar-refractivity contribution < 1.29 is 0 Å². The van der Waals surface area contributed by atoms with Gasteiger partial charge < -0.3 is 0 Å². The van der Waals surface area contributed by atoms with Gasteiger partial charge >= 0.3 is 0 Å². The molecular weight excluding hydrogens is 336 g/mol. The minimum absolute atomic E-state index is 1.02. The normalized spacial score (nSPS) is 36.9. The van der Waals surface area contributed by atoms with Crippen LogP contribution in [0.25, 0.3) is 0 Å². The highest BCUT2D eigenvalue weighted by atomic mass is 14.4. The van der Waals surface area contributed by atoms with Gasteiger partial charge in [-0.25, -0.2) is 0 Å². The molecular formula is C28H50. The molecule has 0 aromatic heterocycles. The second-order valence-electron chi connectivity index (χ2n) is 11.0. The third-order valence-corrected chi connectivity index (χ3v) is 9.25. The Morgan fingerprint density at radius 1 is 0.571 bits per heavy atom. The average molecular weight is 387 g/mol. The molecule has 3 rings (SSSR count). The molecule has 0 aliphatic heterocycles. The van der Waals surface area contributed by atoms with Crippen LogP contribution in [0, 0.1) is 35.5 Å². The largest absolute Gasteiger partial charge is 0.103 e. The summed E-state index contributed by atoms with van der Waals surface area (Å²) < 4.78 is 0. The predicted molar refractivity (Wildman–Crippen MR) is 125 cm³/mol. The van der Waals surface area contributed by atoms with Crippen LogP contribution >= 0.6 is 0 Å². The molecule has 3 saturated carbocycles. The fourth-order valence-electron chi connectivity index (χ4n) is 7.04. The number of rotatable bonds is 10. The third-order valence-electron chi connectivity index (χ3n) is 9.25. The molecule has 0 bridgehead atoms. The van der Waals surface area contributed by atoms with Crippen molar-refractivity contribution in [1.29, 1.82) is 0 Å². The molecule has 3 fully saturated rings. The Labute approximate surface area is 177 Å². The highest BCUT2D eigenvalue weighted by molar-refractivity contribution is 4.82. The van der Waals surface area contributed by atoms with E-state index in [-0.39, 0.29) is 0 Å². The minimum atomic E-state index is 1.02. The first-order valence-corrected chi connectivity index (χ1v) is 13.4. The summed E-state index contributed by atoms with van der Waals surface area (Å²) in [6.45, 7) is 6.28. The van der Waals surface area contributed by atoms with E-state index < -0.39 is 0 Å². The molecule has 162 valence electrons. The number of hydrogen-bond acceptors (Lipinski definition) is 0. The van der Waals surface area contributed by atoms with Crippen molar-refractivity contribution in [2.24, 2.45) is 35.5 Å². The van der Waals surface area contributed by atoms with Gasteiger partial charge in [-0.15, -0.1) is 6.58 Å². The molecule has 0 aromatic carbocycles. The van der Waals surface area contributed by atoms with E-state index >= 15 is 0 Å². The van der Waals surface area contributed by atoms with Crippen LogP contribution in [0.2, 0.25) is 0 Å². The number of allylic oxidation sites excluding steroid dienone is 1. The zero-order valence-electron chi connectivity index (χ0n) is 19.2. The summed E-state index contributed by atoms with van der Waals surface area (Å²) in [7, 11) is 0. The molecule has 0 unspecified atom stereocenters. The molecule has 0 spiro atoms. The lowest BCUT2D eigenvalue weighted by molar-refractivity contribution is 0.141. The zero-order chi connectivity index (χ0) is 19.6. The quantitative estimate of drug-likeness (QED) is 0.259. The van der Waals surface area contributed by atoms with Crippen molar-refractivity contribution in [3.8, 4) is 0 Å². The van der Waals surface area contributed by atoms with Crippen molar-refractivity contribution in [3.05, 3.63) is 12.7 Å². The van der Waals surface area contributed by atoms with E-state index in [0.717, 1.165) is 35.5 Å². The summed E-state index contributed by atoms with van der Waals surface area (Å²) in [6.07, 6.45) is 30.8. The highest BCUT2D eigenvalue weighted by Crippen LogP contribution is 2.43. The summed E-state index contributed by atoms with van der Waals surface area (Å²) in [5, 5.41) is 0. The van der Waals surface area contributed by atoms with E-state index in [1.807, 2.05) is 0 Å². The molecule has 28 heavy (non-hydrogen) atoms. The summed E-state index contributed by atoms with van der Waals surface area (Å²) in [4.78, 5) is 0. The Hall–Kier alpha value is -0.260. The van der Waals surface area contributed by atoms with Crippen LogP contribution < -0.4 is 0 Å². The van der Waals surface area contributed by atoms with Crippen LogP contribution in [-0.2, 0) is 0 Å². The minimum Gasteiger partial charge on any atom is -0.103 e. The molecule has 0 nitrogen and oxygen atoms in total. The SMILES string of the molecule is C=CCC[C@H]1CC[C@H](CCCC[C@H]2CC[C@H]([C@H]3CC[C@H](CC)CC3)CC2)CC1. The van der Waals surface area contributed by atoms with E-state index in [1.165, 1.54) is 77.0 Å². The lowest BCUT2D eigenvalue weighted by Gasteiger charge is -2.37. The molecule has 0 aromatic rings. The van der Waals surface area contributed by atoms with E-state index in [9.17, 15) is 0 Å². The smallest absolute Gasteiger partial charge is 0.0351 e.